The predicted octanol–water partition coefficient (Wildman–Crippen LogP) is 3.13. The van der Waals surface area contributed by atoms with E-state index in [1.54, 1.807) is 11.3 Å². The summed E-state index contributed by atoms with van der Waals surface area (Å²) in [6, 6.07) is 0.548. The van der Waals surface area contributed by atoms with Crippen molar-refractivity contribution in [2.45, 2.75) is 59.2 Å². The summed E-state index contributed by atoms with van der Waals surface area (Å²) >= 11 is 1.76. The van der Waals surface area contributed by atoms with Gasteiger partial charge in [0.15, 0.2) is 0 Å². The van der Waals surface area contributed by atoms with E-state index in [1.807, 2.05) is 6.20 Å². The zero-order chi connectivity index (χ0) is 14.1. The number of nitrogens with one attached hydrogen (secondary N) is 1. The van der Waals surface area contributed by atoms with Crippen LogP contribution in [0.15, 0.2) is 11.6 Å². The summed E-state index contributed by atoms with van der Waals surface area (Å²) in [4.78, 5) is 7.08. The highest BCUT2D eigenvalue weighted by atomic mass is 32.1. The third kappa shape index (κ3) is 3.36. The van der Waals surface area contributed by atoms with E-state index >= 15 is 0 Å². The van der Waals surface area contributed by atoms with Gasteiger partial charge < -0.3 is 5.32 Å². The average Bonchev–Trinajstić information content (AvgIpc) is 2.83. The first kappa shape index (κ1) is 14.9. The fourth-order valence-electron chi connectivity index (χ4n) is 2.64. The maximum Gasteiger partial charge on any atom is 0.107 e. The smallest absolute Gasteiger partial charge is 0.107 e. The van der Waals surface area contributed by atoms with E-state index in [4.69, 9.17) is 0 Å². The Morgan fingerprint density at radius 3 is 2.79 bits per heavy atom. The van der Waals surface area contributed by atoms with Crippen molar-refractivity contribution in [2.75, 3.05) is 13.1 Å². The molecule has 1 saturated heterocycles. The Hall–Kier alpha value is -0.450. The monoisotopic (exact) mass is 281 g/mol. The molecule has 1 N–H and O–H groups in total. The van der Waals surface area contributed by atoms with Gasteiger partial charge in [0.05, 0.1) is 6.54 Å². The van der Waals surface area contributed by atoms with Crippen LogP contribution >= 0.6 is 11.3 Å². The molecule has 2 heterocycles. The van der Waals surface area contributed by atoms with Crippen LogP contribution in [0.2, 0.25) is 0 Å². The van der Waals surface area contributed by atoms with Crippen LogP contribution in [0.4, 0.5) is 0 Å². The second-order valence-corrected chi connectivity index (χ2v) is 7.94. The second kappa shape index (κ2) is 5.51. The van der Waals surface area contributed by atoms with E-state index in [1.165, 1.54) is 11.4 Å². The van der Waals surface area contributed by atoms with Gasteiger partial charge in [-0.05, 0) is 18.8 Å². The molecule has 0 bridgehead atoms. The lowest BCUT2D eigenvalue weighted by Crippen LogP contribution is -2.65. The van der Waals surface area contributed by atoms with Crippen LogP contribution in [0.1, 0.15) is 46.0 Å². The molecule has 19 heavy (non-hydrogen) atoms. The van der Waals surface area contributed by atoms with Crippen molar-refractivity contribution >= 4 is 11.3 Å². The summed E-state index contributed by atoms with van der Waals surface area (Å²) in [6.45, 7) is 14.8. The fraction of sp³-hybridized carbons (Fsp3) is 0.800. The summed E-state index contributed by atoms with van der Waals surface area (Å²) in [6.07, 6.45) is 3.08. The van der Waals surface area contributed by atoms with Gasteiger partial charge in [0, 0.05) is 36.2 Å². The molecule has 1 aromatic rings. The molecule has 0 aliphatic carbocycles. The molecule has 2 rings (SSSR count). The summed E-state index contributed by atoms with van der Waals surface area (Å²) in [5.41, 5.74) is 0.545. The molecule has 0 amide bonds. The van der Waals surface area contributed by atoms with Gasteiger partial charge in [0.1, 0.15) is 5.01 Å². The largest absolute Gasteiger partial charge is 0.310 e. The van der Waals surface area contributed by atoms with Crippen molar-refractivity contribution in [3.8, 4) is 0 Å². The van der Waals surface area contributed by atoms with Crippen molar-refractivity contribution in [2.24, 2.45) is 5.41 Å². The Balaban J connectivity index is 2.13. The minimum atomic E-state index is 0.243. The SMILES string of the molecule is CCC1(C)CNC(C(C)(C)C)CN1Cc1nccs1. The van der Waals surface area contributed by atoms with Gasteiger partial charge in [-0.2, -0.15) is 0 Å². The second-order valence-electron chi connectivity index (χ2n) is 6.96. The first-order valence-corrected chi connectivity index (χ1v) is 8.10. The lowest BCUT2D eigenvalue weighted by atomic mass is 9.81. The maximum absolute atomic E-state index is 4.45. The molecule has 0 spiro atoms. The lowest BCUT2D eigenvalue weighted by Gasteiger charge is -2.50. The van der Waals surface area contributed by atoms with E-state index in [-0.39, 0.29) is 5.54 Å². The molecule has 1 aliphatic rings. The molecule has 2 atom stereocenters. The first-order chi connectivity index (χ1) is 8.85. The molecule has 4 heteroatoms. The zero-order valence-corrected chi connectivity index (χ0v) is 13.7. The molecule has 0 aromatic carbocycles. The Bertz CT molecular complexity index is 396. The van der Waals surface area contributed by atoms with Gasteiger partial charge >= 0.3 is 0 Å². The topological polar surface area (TPSA) is 28.2 Å². The van der Waals surface area contributed by atoms with Gasteiger partial charge in [0.2, 0.25) is 0 Å². The van der Waals surface area contributed by atoms with E-state index in [9.17, 15) is 0 Å². The maximum atomic E-state index is 4.45. The van der Waals surface area contributed by atoms with Crippen molar-refractivity contribution in [1.29, 1.82) is 0 Å². The van der Waals surface area contributed by atoms with Crippen LogP contribution in [0.3, 0.4) is 0 Å². The summed E-state index contributed by atoms with van der Waals surface area (Å²) in [7, 11) is 0. The Labute approximate surface area is 121 Å². The first-order valence-electron chi connectivity index (χ1n) is 7.22. The molecule has 2 unspecified atom stereocenters. The molecule has 0 radical (unpaired) electrons. The third-order valence-electron chi connectivity index (χ3n) is 4.51. The molecule has 1 aliphatic heterocycles. The Morgan fingerprint density at radius 2 is 2.26 bits per heavy atom. The molecule has 3 nitrogen and oxygen atoms in total. The van der Waals surface area contributed by atoms with Crippen molar-refractivity contribution < 1.29 is 0 Å². The van der Waals surface area contributed by atoms with Crippen LogP contribution in [-0.4, -0.2) is 34.6 Å². The lowest BCUT2D eigenvalue weighted by molar-refractivity contribution is 0.0157. The molecular formula is C15H27N3S. The van der Waals surface area contributed by atoms with Gasteiger partial charge in [0.25, 0.3) is 0 Å². The predicted molar refractivity (Wildman–Crippen MR) is 82.5 cm³/mol. The Kier molecular flexibility index (Phi) is 4.33. The van der Waals surface area contributed by atoms with Crippen LogP contribution in [0, 0.1) is 5.41 Å². The van der Waals surface area contributed by atoms with E-state index in [0.29, 0.717) is 11.5 Å². The summed E-state index contributed by atoms with van der Waals surface area (Å²) in [5.74, 6) is 0. The van der Waals surface area contributed by atoms with E-state index < -0.39 is 0 Å². The average molecular weight is 281 g/mol. The number of thiazole rings is 1. The fourth-order valence-corrected chi connectivity index (χ4v) is 3.27. The number of aromatic nitrogens is 1. The van der Waals surface area contributed by atoms with Crippen LogP contribution in [0.5, 0.6) is 0 Å². The third-order valence-corrected chi connectivity index (χ3v) is 5.28. The quantitative estimate of drug-likeness (QED) is 0.922. The molecule has 1 aromatic heterocycles. The van der Waals surface area contributed by atoms with Crippen LogP contribution in [-0.2, 0) is 6.54 Å². The number of piperazine rings is 1. The van der Waals surface area contributed by atoms with Gasteiger partial charge in [-0.15, -0.1) is 11.3 Å². The highest BCUT2D eigenvalue weighted by Crippen LogP contribution is 2.30. The van der Waals surface area contributed by atoms with Crippen molar-refractivity contribution in [3.05, 3.63) is 16.6 Å². The number of hydrogen-bond acceptors (Lipinski definition) is 4. The molecular weight excluding hydrogens is 254 g/mol. The normalized spacial score (nSPS) is 29.6. The van der Waals surface area contributed by atoms with Crippen LogP contribution in [0.25, 0.3) is 0 Å². The van der Waals surface area contributed by atoms with E-state index in [0.717, 1.165) is 19.6 Å². The Morgan fingerprint density at radius 1 is 1.53 bits per heavy atom. The molecule has 0 saturated carbocycles. The minimum Gasteiger partial charge on any atom is -0.310 e. The standard InChI is InChI=1S/C15H27N3S/c1-6-15(5)11-17-12(14(2,3)4)9-18(15)10-13-16-7-8-19-13/h7-8,12,17H,6,9-11H2,1-5H3. The highest BCUT2D eigenvalue weighted by Gasteiger charge is 2.40. The minimum absolute atomic E-state index is 0.243. The van der Waals surface area contributed by atoms with E-state index in [2.05, 4.69) is 55.2 Å². The van der Waals surface area contributed by atoms with Gasteiger partial charge in [-0.3, -0.25) is 4.90 Å². The van der Waals surface area contributed by atoms with Gasteiger partial charge in [-0.1, -0.05) is 27.7 Å². The van der Waals surface area contributed by atoms with Crippen molar-refractivity contribution in [3.63, 3.8) is 0 Å². The zero-order valence-electron chi connectivity index (χ0n) is 12.9. The molecule has 108 valence electrons. The number of hydrogen-bond donors (Lipinski definition) is 1. The molecule has 1 fully saturated rings. The highest BCUT2D eigenvalue weighted by molar-refractivity contribution is 7.09. The summed E-state index contributed by atoms with van der Waals surface area (Å²) < 4.78 is 0. The summed E-state index contributed by atoms with van der Waals surface area (Å²) in [5, 5.41) is 7.05. The number of nitrogens with zero attached hydrogens (tertiary/aromatic N) is 2. The van der Waals surface area contributed by atoms with Crippen molar-refractivity contribution in [1.82, 2.24) is 15.2 Å². The van der Waals surface area contributed by atoms with Gasteiger partial charge in [-0.25, -0.2) is 4.98 Å². The number of rotatable bonds is 3. The van der Waals surface area contributed by atoms with Crippen LogP contribution < -0.4 is 5.32 Å².